The molecule has 1 atom stereocenters. The summed E-state index contributed by atoms with van der Waals surface area (Å²) in [7, 11) is 0. The Balaban J connectivity index is 1.71. The third-order valence-corrected chi connectivity index (χ3v) is 3.28. The molecule has 0 aromatic heterocycles. The summed E-state index contributed by atoms with van der Waals surface area (Å²) in [5, 5.41) is 3.41. The van der Waals surface area contributed by atoms with E-state index in [1.807, 2.05) is 0 Å². The fourth-order valence-electron chi connectivity index (χ4n) is 2.46. The van der Waals surface area contributed by atoms with Crippen molar-refractivity contribution in [3.8, 4) is 0 Å². The maximum atomic E-state index is 5.88. The molecule has 0 aromatic carbocycles. The zero-order chi connectivity index (χ0) is 9.10. The van der Waals surface area contributed by atoms with Crippen LogP contribution in [0.5, 0.6) is 0 Å². The van der Waals surface area contributed by atoms with Crippen molar-refractivity contribution in [2.75, 3.05) is 32.7 Å². The number of nitrogens with zero attached hydrogens (tertiary/aromatic N) is 1. The second-order valence-electron chi connectivity index (χ2n) is 4.50. The fraction of sp³-hybridized carbons (Fsp3) is 1.00. The Labute approximate surface area is 80.7 Å². The molecule has 0 amide bonds. The van der Waals surface area contributed by atoms with Crippen LogP contribution >= 0.6 is 0 Å². The highest BCUT2D eigenvalue weighted by Crippen LogP contribution is 2.16. The van der Waals surface area contributed by atoms with Gasteiger partial charge in [-0.15, -0.1) is 0 Å². The molecule has 13 heavy (non-hydrogen) atoms. The predicted molar refractivity (Wildman–Crippen MR) is 54.6 cm³/mol. The second-order valence-corrected chi connectivity index (χ2v) is 4.50. The lowest BCUT2D eigenvalue weighted by Gasteiger charge is -2.27. The van der Waals surface area contributed by atoms with E-state index in [-0.39, 0.29) is 0 Å². The van der Waals surface area contributed by atoms with Gasteiger partial charge in [-0.05, 0) is 44.8 Å². The Morgan fingerprint density at radius 2 is 2.00 bits per heavy atom. The van der Waals surface area contributed by atoms with E-state index < -0.39 is 0 Å². The molecule has 0 aromatic rings. The Morgan fingerprint density at radius 1 is 1.23 bits per heavy atom. The summed E-state index contributed by atoms with van der Waals surface area (Å²) in [5.41, 5.74) is 5.88. The van der Waals surface area contributed by atoms with Crippen molar-refractivity contribution >= 4 is 0 Å². The zero-order valence-corrected chi connectivity index (χ0v) is 8.34. The smallest absolute Gasteiger partial charge is 0.0180 e. The number of nitrogens with two attached hydrogens (primary N) is 1. The lowest BCUT2D eigenvalue weighted by molar-refractivity contribution is 0.239. The summed E-state index contributed by atoms with van der Waals surface area (Å²) in [6, 6.07) is 0.446. The van der Waals surface area contributed by atoms with Crippen LogP contribution < -0.4 is 11.1 Å². The number of hydrogen-bond donors (Lipinski definition) is 2. The van der Waals surface area contributed by atoms with Crippen molar-refractivity contribution in [1.82, 2.24) is 10.2 Å². The maximum Gasteiger partial charge on any atom is 0.0180 e. The van der Waals surface area contributed by atoms with E-state index in [0.29, 0.717) is 6.04 Å². The molecule has 2 rings (SSSR count). The molecule has 2 fully saturated rings. The molecular formula is C10H21N3. The average Bonchev–Trinajstić information content (AvgIpc) is 2.53. The van der Waals surface area contributed by atoms with Crippen molar-refractivity contribution in [2.45, 2.75) is 25.3 Å². The molecule has 0 aliphatic carbocycles. The van der Waals surface area contributed by atoms with Gasteiger partial charge in [0.25, 0.3) is 0 Å². The van der Waals surface area contributed by atoms with E-state index in [4.69, 9.17) is 5.73 Å². The third kappa shape index (κ3) is 2.66. The summed E-state index contributed by atoms with van der Waals surface area (Å²) < 4.78 is 0. The number of nitrogens with one attached hydrogen (secondary N) is 1. The van der Waals surface area contributed by atoms with E-state index in [0.717, 1.165) is 12.5 Å². The lowest BCUT2D eigenvalue weighted by atomic mass is 9.98. The number of likely N-dealkylation sites (tertiary alicyclic amines) is 1. The van der Waals surface area contributed by atoms with Crippen LogP contribution in [0.15, 0.2) is 0 Å². The Kier molecular flexibility index (Phi) is 3.19. The van der Waals surface area contributed by atoms with Gasteiger partial charge in [-0.25, -0.2) is 0 Å². The van der Waals surface area contributed by atoms with Crippen LogP contribution in [-0.2, 0) is 0 Å². The van der Waals surface area contributed by atoms with E-state index in [1.54, 1.807) is 0 Å². The average molecular weight is 183 g/mol. The summed E-state index contributed by atoms with van der Waals surface area (Å²) in [6.07, 6.45) is 3.91. The Bertz CT molecular complexity index is 151. The molecule has 2 heterocycles. The van der Waals surface area contributed by atoms with Crippen LogP contribution in [0.1, 0.15) is 19.3 Å². The molecule has 3 heteroatoms. The van der Waals surface area contributed by atoms with Crippen molar-refractivity contribution < 1.29 is 0 Å². The number of hydrogen-bond acceptors (Lipinski definition) is 3. The highest BCUT2D eigenvalue weighted by molar-refractivity contribution is 4.80. The quantitative estimate of drug-likeness (QED) is 0.634. The first-order valence-corrected chi connectivity index (χ1v) is 5.53. The van der Waals surface area contributed by atoms with Gasteiger partial charge in [-0.3, -0.25) is 0 Å². The van der Waals surface area contributed by atoms with Gasteiger partial charge in [0.05, 0.1) is 0 Å². The van der Waals surface area contributed by atoms with Gasteiger partial charge in [0, 0.05) is 19.1 Å². The minimum absolute atomic E-state index is 0.446. The van der Waals surface area contributed by atoms with E-state index >= 15 is 0 Å². The first-order chi connectivity index (χ1) is 6.34. The third-order valence-electron chi connectivity index (χ3n) is 3.28. The molecule has 0 bridgehead atoms. The molecule has 0 spiro atoms. The molecule has 3 nitrogen and oxygen atoms in total. The molecular weight excluding hydrogens is 162 g/mol. The van der Waals surface area contributed by atoms with E-state index in [1.165, 1.54) is 45.4 Å². The Morgan fingerprint density at radius 3 is 2.62 bits per heavy atom. The second kappa shape index (κ2) is 4.40. The maximum absolute atomic E-state index is 5.88. The van der Waals surface area contributed by atoms with Gasteiger partial charge < -0.3 is 16.0 Å². The standard InChI is InChI=1S/C10H21N3/c11-10-3-6-13(8-10)7-9-1-4-12-5-2-9/h9-10,12H,1-8,11H2. The number of piperidine rings is 1. The van der Waals surface area contributed by atoms with Crippen molar-refractivity contribution in [2.24, 2.45) is 11.7 Å². The van der Waals surface area contributed by atoms with Gasteiger partial charge in [0.15, 0.2) is 0 Å². The van der Waals surface area contributed by atoms with Gasteiger partial charge >= 0.3 is 0 Å². The largest absolute Gasteiger partial charge is 0.326 e. The van der Waals surface area contributed by atoms with Crippen molar-refractivity contribution in [1.29, 1.82) is 0 Å². The minimum Gasteiger partial charge on any atom is -0.326 e. The first-order valence-electron chi connectivity index (χ1n) is 5.53. The summed E-state index contributed by atoms with van der Waals surface area (Å²) in [5.74, 6) is 0.923. The van der Waals surface area contributed by atoms with Crippen LogP contribution in [0, 0.1) is 5.92 Å². The minimum atomic E-state index is 0.446. The molecule has 3 N–H and O–H groups in total. The predicted octanol–water partition coefficient (Wildman–Crippen LogP) is 0.0190. The molecule has 0 radical (unpaired) electrons. The van der Waals surface area contributed by atoms with Crippen LogP contribution in [0.25, 0.3) is 0 Å². The van der Waals surface area contributed by atoms with Crippen LogP contribution in [-0.4, -0.2) is 43.7 Å². The van der Waals surface area contributed by atoms with Crippen LogP contribution in [0.4, 0.5) is 0 Å². The topological polar surface area (TPSA) is 41.3 Å². The first kappa shape index (κ1) is 9.44. The Hall–Kier alpha value is -0.120. The molecule has 0 saturated carbocycles. The summed E-state index contributed by atoms with van der Waals surface area (Å²) >= 11 is 0. The molecule has 2 saturated heterocycles. The van der Waals surface area contributed by atoms with Gasteiger partial charge in [0.2, 0.25) is 0 Å². The van der Waals surface area contributed by atoms with Crippen LogP contribution in [0.3, 0.4) is 0 Å². The molecule has 76 valence electrons. The van der Waals surface area contributed by atoms with Gasteiger partial charge in [-0.1, -0.05) is 0 Å². The molecule has 2 aliphatic rings. The SMILES string of the molecule is NC1CCN(CC2CCNCC2)C1. The van der Waals surface area contributed by atoms with Gasteiger partial charge in [-0.2, -0.15) is 0 Å². The van der Waals surface area contributed by atoms with E-state index in [9.17, 15) is 0 Å². The number of rotatable bonds is 2. The van der Waals surface area contributed by atoms with Crippen LogP contribution in [0.2, 0.25) is 0 Å². The molecule has 1 unspecified atom stereocenters. The zero-order valence-electron chi connectivity index (χ0n) is 8.34. The fourth-order valence-corrected chi connectivity index (χ4v) is 2.46. The molecule has 2 aliphatic heterocycles. The highest BCUT2D eigenvalue weighted by Gasteiger charge is 2.22. The summed E-state index contributed by atoms with van der Waals surface area (Å²) in [4.78, 5) is 2.54. The summed E-state index contributed by atoms with van der Waals surface area (Å²) in [6.45, 7) is 6.07. The lowest BCUT2D eigenvalue weighted by Crippen LogP contribution is -2.36. The monoisotopic (exact) mass is 183 g/mol. The van der Waals surface area contributed by atoms with Crippen molar-refractivity contribution in [3.63, 3.8) is 0 Å². The van der Waals surface area contributed by atoms with E-state index in [2.05, 4.69) is 10.2 Å². The highest BCUT2D eigenvalue weighted by atomic mass is 15.2. The normalized spacial score (nSPS) is 32.5. The van der Waals surface area contributed by atoms with Gasteiger partial charge in [0.1, 0.15) is 0 Å². The van der Waals surface area contributed by atoms with Crippen molar-refractivity contribution in [3.05, 3.63) is 0 Å².